The lowest BCUT2D eigenvalue weighted by Crippen LogP contribution is -2.38. The van der Waals surface area contributed by atoms with Crippen molar-refractivity contribution in [2.24, 2.45) is 0 Å². The Morgan fingerprint density at radius 3 is 2.52 bits per heavy atom. The maximum atomic E-state index is 13.7. The summed E-state index contributed by atoms with van der Waals surface area (Å²) in [6, 6.07) is 21.6. The first-order valence-electron chi connectivity index (χ1n) is 18.3. The lowest BCUT2D eigenvalue weighted by atomic mass is 9.85. The average Bonchev–Trinajstić information content (AvgIpc) is 3.88. The van der Waals surface area contributed by atoms with E-state index >= 15 is 0 Å². The predicted molar refractivity (Wildman–Crippen MR) is 197 cm³/mol. The fourth-order valence-electron chi connectivity index (χ4n) is 7.41. The van der Waals surface area contributed by atoms with Crippen LogP contribution in [-0.2, 0) is 10.2 Å². The summed E-state index contributed by atoms with van der Waals surface area (Å²) >= 11 is 0. The molecule has 0 radical (unpaired) electrons. The second kappa shape index (κ2) is 14.2. The molecule has 1 aliphatic carbocycles. The molecule has 13 nitrogen and oxygen atoms in total. The monoisotopic (exact) mass is 705 g/mol. The Morgan fingerprint density at radius 2 is 1.73 bits per heavy atom. The number of aromatic nitrogens is 5. The summed E-state index contributed by atoms with van der Waals surface area (Å²) in [4.78, 5) is 22.2. The third-order valence-electron chi connectivity index (χ3n) is 10.2. The molecule has 8 rings (SSSR count). The van der Waals surface area contributed by atoms with Crippen LogP contribution >= 0.6 is 0 Å². The Kier molecular flexibility index (Phi) is 9.32. The molecule has 0 spiro atoms. The van der Waals surface area contributed by atoms with Gasteiger partial charge in [0.25, 0.3) is 0 Å². The normalized spacial score (nSPS) is 21.2. The molecule has 0 saturated carbocycles. The van der Waals surface area contributed by atoms with Crippen LogP contribution in [0, 0.1) is 0 Å². The van der Waals surface area contributed by atoms with Gasteiger partial charge in [-0.05, 0) is 74.7 Å². The molecule has 2 aliphatic heterocycles. The number of benzene rings is 2. The standard InChI is InChI=1S/C39H47N9O4/c1-39(2,3)34-24-36(48(44-34)26-9-7-10-27(23-26)52-46-19-21-50-22-20-46)41-38(49)40-31-15-16-33(30-12-6-5-11-29(30)31)51-28-14-17-35-42-43-37(47(35)25-28)32-13-8-18-45(32)4/h5-7,9-12,14,17,23-25,31-33H,8,13,15-16,18-22H2,1-4H3,(H2,40,41,49)/t31-,32-,33+/m0/s1. The molecule has 52 heavy (non-hydrogen) atoms. The fourth-order valence-corrected chi connectivity index (χ4v) is 7.41. The maximum absolute atomic E-state index is 13.7. The number of pyridine rings is 1. The fraction of sp³-hybridized carbons (Fsp3) is 0.436. The zero-order chi connectivity index (χ0) is 35.8. The van der Waals surface area contributed by atoms with Gasteiger partial charge < -0.3 is 19.6 Å². The van der Waals surface area contributed by atoms with E-state index in [-0.39, 0.29) is 29.6 Å². The van der Waals surface area contributed by atoms with Gasteiger partial charge in [-0.15, -0.1) is 15.3 Å². The molecule has 3 atom stereocenters. The van der Waals surface area contributed by atoms with Crippen molar-refractivity contribution in [3.05, 3.63) is 95.6 Å². The number of nitrogens with one attached hydrogen (secondary N) is 2. The summed E-state index contributed by atoms with van der Waals surface area (Å²) in [6.07, 6.45) is 5.53. The summed E-state index contributed by atoms with van der Waals surface area (Å²) in [5.74, 6) is 2.98. The van der Waals surface area contributed by atoms with Crippen LogP contribution in [0.4, 0.5) is 10.6 Å². The van der Waals surface area contributed by atoms with Crippen molar-refractivity contribution in [3.63, 3.8) is 0 Å². The molecule has 272 valence electrons. The summed E-state index contributed by atoms with van der Waals surface area (Å²) in [5.41, 5.74) is 4.33. The van der Waals surface area contributed by atoms with E-state index in [4.69, 9.17) is 19.4 Å². The predicted octanol–water partition coefficient (Wildman–Crippen LogP) is 6.38. The average molecular weight is 706 g/mol. The number of carbonyl (C=O) groups excluding carboxylic acids is 1. The molecule has 2 aromatic carbocycles. The number of anilines is 1. The van der Waals surface area contributed by atoms with Crippen LogP contribution in [0.2, 0.25) is 0 Å². The molecular formula is C39H47N9O4. The van der Waals surface area contributed by atoms with Crippen molar-refractivity contribution in [2.75, 3.05) is 45.2 Å². The molecule has 5 heterocycles. The third kappa shape index (κ3) is 7.08. The first-order chi connectivity index (χ1) is 25.2. The molecule has 3 aliphatic rings. The van der Waals surface area contributed by atoms with Crippen LogP contribution in [0.5, 0.6) is 11.5 Å². The molecule has 0 unspecified atom stereocenters. The van der Waals surface area contributed by atoms with Crippen molar-refractivity contribution < 1.29 is 19.1 Å². The topological polar surface area (TPSA) is 123 Å². The Balaban J connectivity index is 0.989. The van der Waals surface area contributed by atoms with E-state index in [0.29, 0.717) is 37.9 Å². The molecule has 2 fully saturated rings. The van der Waals surface area contributed by atoms with Crippen LogP contribution in [0.15, 0.2) is 72.9 Å². The molecule has 5 aromatic rings. The quantitative estimate of drug-likeness (QED) is 0.189. The number of ether oxygens (including phenoxy) is 2. The molecule has 2 amide bonds. The maximum Gasteiger partial charge on any atom is 0.320 e. The number of carbonyl (C=O) groups is 1. The largest absolute Gasteiger partial charge is 0.484 e. The highest BCUT2D eigenvalue weighted by molar-refractivity contribution is 5.89. The van der Waals surface area contributed by atoms with Crippen molar-refractivity contribution in [2.45, 2.75) is 70.1 Å². The molecule has 2 saturated heterocycles. The number of hydrogen-bond acceptors (Lipinski definition) is 9. The van der Waals surface area contributed by atoms with E-state index < -0.39 is 0 Å². The molecular weight excluding hydrogens is 658 g/mol. The second-order valence-electron chi connectivity index (χ2n) is 15.0. The van der Waals surface area contributed by atoms with Crippen LogP contribution in [0.25, 0.3) is 11.3 Å². The minimum atomic E-state index is -0.302. The van der Waals surface area contributed by atoms with Crippen molar-refractivity contribution in [1.82, 2.24) is 39.7 Å². The van der Waals surface area contributed by atoms with Crippen LogP contribution in [0.1, 0.15) is 87.3 Å². The summed E-state index contributed by atoms with van der Waals surface area (Å²) in [5, 5.41) is 22.1. The van der Waals surface area contributed by atoms with E-state index in [1.165, 1.54) is 0 Å². The molecule has 13 heteroatoms. The van der Waals surface area contributed by atoms with Crippen LogP contribution < -0.4 is 20.2 Å². The van der Waals surface area contributed by atoms with E-state index in [2.05, 4.69) is 70.1 Å². The van der Waals surface area contributed by atoms with Gasteiger partial charge in [0, 0.05) is 17.5 Å². The first-order valence-corrected chi connectivity index (χ1v) is 18.3. The summed E-state index contributed by atoms with van der Waals surface area (Å²) < 4.78 is 16.0. The number of hydrogen-bond donors (Lipinski definition) is 2. The van der Waals surface area contributed by atoms with E-state index in [1.54, 1.807) is 4.68 Å². The second-order valence-corrected chi connectivity index (χ2v) is 15.0. The van der Waals surface area contributed by atoms with Gasteiger partial charge in [0.1, 0.15) is 23.4 Å². The Hall–Kier alpha value is -4.98. The highest BCUT2D eigenvalue weighted by Crippen LogP contribution is 2.39. The molecule has 2 N–H and O–H groups in total. The van der Waals surface area contributed by atoms with Crippen molar-refractivity contribution in [1.29, 1.82) is 0 Å². The zero-order valence-corrected chi connectivity index (χ0v) is 30.3. The van der Waals surface area contributed by atoms with Crippen molar-refractivity contribution in [3.8, 4) is 17.2 Å². The number of morpholine rings is 1. The van der Waals surface area contributed by atoms with Crippen molar-refractivity contribution >= 4 is 17.5 Å². The van der Waals surface area contributed by atoms with Gasteiger partial charge >= 0.3 is 6.03 Å². The van der Waals surface area contributed by atoms with E-state index in [9.17, 15) is 4.79 Å². The Bertz CT molecular complexity index is 2050. The van der Waals surface area contributed by atoms with Gasteiger partial charge in [-0.2, -0.15) is 5.10 Å². The number of nitrogens with zero attached hydrogens (tertiary/aromatic N) is 7. The number of hydroxylamine groups is 2. The highest BCUT2D eigenvalue weighted by Gasteiger charge is 2.31. The SMILES string of the molecule is CN1CCC[C@H]1c1nnc2ccc(O[C@@H]3CC[C@H](NC(=O)Nc4cc(C(C)(C)C)nn4-c4cccc(ON5CCOCC5)c4)c4ccccc43)cn12. The lowest BCUT2D eigenvalue weighted by Gasteiger charge is -2.32. The van der Waals surface area contributed by atoms with Gasteiger partial charge in [0.05, 0.1) is 56.0 Å². The Morgan fingerprint density at radius 1 is 0.904 bits per heavy atom. The smallest absolute Gasteiger partial charge is 0.320 e. The minimum Gasteiger partial charge on any atom is -0.484 e. The van der Waals surface area contributed by atoms with E-state index in [0.717, 1.165) is 72.0 Å². The van der Waals surface area contributed by atoms with Gasteiger partial charge in [0.15, 0.2) is 11.5 Å². The third-order valence-corrected chi connectivity index (χ3v) is 10.2. The van der Waals surface area contributed by atoms with Crippen LogP contribution in [0.3, 0.4) is 0 Å². The number of fused-ring (bicyclic) bond motifs is 2. The Labute approximate surface area is 303 Å². The number of urea groups is 1. The van der Waals surface area contributed by atoms with E-state index in [1.807, 2.05) is 65.9 Å². The number of likely N-dealkylation sites (tertiary alicyclic amines) is 1. The highest BCUT2D eigenvalue weighted by atomic mass is 16.7. The lowest BCUT2D eigenvalue weighted by molar-refractivity contribution is -0.118. The number of amides is 2. The summed E-state index contributed by atoms with van der Waals surface area (Å²) in [6.45, 7) is 10.0. The number of rotatable bonds is 8. The summed E-state index contributed by atoms with van der Waals surface area (Å²) in [7, 11) is 2.14. The first kappa shape index (κ1) is 34.1. The van der Waals surface area contributed by atoms with Gasteiger partial charge in [-0.3, -0.25) is 14.6 Å². The van der Waals surface area contributed by atoms with Gasteiger partial charge in [0.2, 0.25) is 0 Å². The minimum absolute atomic E-state index is 0.161. The zero-order valence-electron chi connectivity index (χ0n) is 30.3. The molecule has 0 bridgehead atoms. The molecule has 3 aromatic heterocycles. The van der Waals surface area contributed by atoms with Gasteiger partial charge in [-0.1, -0.05) is 51.1 Å². The van der Waals surface area contributed by atoms with Crippen LogP contribution in [-0.4, -0.2) is 80.3 Å². The van der Waals surface area contributed by atoms with Gasteiger partial charge in [-0.25, -0.2) is 9.48 Å².